The van der Waals surface area contributed by atoms with Crippen molar-refractivity contribution in [3.05, 3.63) is 80.8 Å². The fraction of sp³-hybridized carbons (Fsp3) is 0.321. The van der Waals surface area contributed by atoms with E-state index in [2.05, 4.69) is 29.3 Å². The summed E-state index contributed by atoms with van der Waals surface area (Å²) in [6.45, 7) is 5.99. The Labute approximate surface area is 221 Å². The largest absolute Gasteiger partial charge is 0.333 e. The molecule has 0 saturated carbocycles. The summed E-state index contributed by atoms with van der Waals surface area (Å²) in [7, 11) is 0. The molecule has 0 unspecified atom stereocenters. The molecule has 0 spiro atoms. The maximum atomic E-state index is 13.2. The molecule has 2 aliphatic heterocycles. The summed E-state index contributed by atoms with van der Waals surface area (Å²) in [6, 6.07) is 17.3. The molecule has 2 amide bonds. The number of anilines is 2. The van der Waals surface area contributed by atoms with E-state index in [4.69, 9.17) is 34.8 Å². The van der Waals surface area contributed by atoms with Gasteiger partial charge in [-0.3, -0.25) is 4.90 Å². The molecule has 0 aromatic heterocycles. The molecule has 2 heterocycles. The van der Waals surface area contributed by atoms with Crippen LogP contribution in [0.2, 0.25) is 15.1 Å². The lowest BCUT2D eigenvalue weighted by Gasteiger charge is -2.34. The van der Waals surface area contributed by atoms with Gasteiger partial charge in [0, 0.05) is 22.7 Å². The Bertz CT molecular complexity index is 1230. The van der Waals surface area contributed by atoms with E-state index in [9.17, 15) is 4.79 Å². The zero-order valence-electron chi connectivity index (χ0n) is 19.7. The molecule has 4 nitrogen and oxygen atoms in total. The average Bonchev–Trinajstić information content (AvgIpc) is 2.85. The first-order chi connectivity index (χ1) is 17.0. The molecule has 7 heteroatoms. The standard InChI is InChI=1S/C28H28Cl3N3O/c1-2-33-12-10-18(11-13-33)14-19-15-21(20-6-3-4-7-23(20)29)22-17-32-28(35)34(26(22)16-19)27-24(30)8-5-9-25(27)31/h3-9,15-16,18H,2,10-14,17H2,1H3,(H,32,35). The minimum absolute atomic E-state index is 0.244. The van der Waals surface area contributed by atoms with Crippen molar-refractivity contribution in [3.63, 3.8) is 0 Å². The number of benzene rings is 3. The second-order valence-electron chi connectivity index (χ2n) is 9.27. The lowest BCUT2D eigenvalue weighted by atomic mass is 9.86. The molecule has 0 bridgehead atoms. The number of fused-ring (bicyclic) bond motifs is 1. The van der Waals surface area contributed by atoms with Gasteiger partial charge in [0.2, 0.25) is 0 Å². The van der Waals surface area contributed by atoms with Gasteiger partial charge in [-0.25, -0.2) is 4.79 Å². The minimum atomic E-state index is -0.244. The van der Waals surface area contributed by atoms with Crippen molar-refractivity contribution in [1.29, 1.82) is 0 Å². The summed E-state index contributed by atoms with van der Waals surface area (Å²) in [5.74, 6) is 0.602. The van der Waals surface area contributed by atoms with Crippen molar-refractivity contribution in [1.82, 2.24) is 10.2 Å². The van der Waals surface area contributed by atoms with Crippen LogP contribution in [0.15, 0.2) is 54.6 Å². The fourth-order valence-corrected chi connectivity index (χ4v) is 6.06. The molecule has 0 radical (unpaired) electrons. The summed E-state index contributed by atoms with van der Waals surface area (Å²) in [5, 5.41) is 4.54. The van der Waals surface area contributed by atoms with Crippen LogP contribution in [0.3, 0.4) is 0 Å². The normalized spacial score (nSPS) is 16.8. The summed E-state index contributed by atoms with van der Waals surface area (Å²) in [4.78, 5) is 17.3. The highest BCUT2D eigenvalue weighted by atomic mass is 35.5. The Morgan fingerprint density at radius 1 is 0.914 bits per heavy atom. The van der Waals surface area contributed by atoms with E-state index in [1.54, 1.807) is 23.1 Å². The Balaban J connectivity index is 1.64. The second-order valence-corrected chi connectivity index (χ2v) is 10.5. The Morgan fingerprint density at radius 2 is 1.60 bits per heavy atom. The van der Waals surface area contributed by atoms with Crippen LogP contribution in [0.5, 0.6) is 0 Å². The van der Waals surface area contributed by atoms with Gasteiger partial charge in [0.05, 0.1) is 21.4 Å². The number of likely N-dealkylation sites (tertiary alicyclic amines) is 1. The molecule has 0 aliphatic carbocycles. The number of amides is 2. The van der Waals surface area contributed by atoms with Crippen LogP contribution in [0, 0.1) is 5.92 Å². The van der Waals surface area contributed by atoms with Crippen LogP contribution in [0.25, 0.3) is 11.1 Å². The molecular formula is C28H28Cl3N3O. The first-order valence-corrected chi connectivity index (χ1v) is 13.2. The monoisotopic (exact) mass is 527 g/mol. The minimum Gasteiger partial charge on any atom is -0.333 e. The van der Waals surface area contributed by atoms with Crippen molar-refractivity contribution in [2.75, 3.05) is 24.5 Å². The third-order valence-corrected chi connectivity index (χ3v) is 8.09. The maximum absolute atomic E-state index is 13.2. The third kappa shape index (κ3) is 4.90. The topological polar surface area (TPSA) is 35.6 Å². The van der Waals surface area contributed by atoms with E-state index >= 15 is 0 Å². The molecule has 5 rings (SSSR count). The lowest BCUT2D eigenvalue weighted by Crippen LogP contribution is -2.41. The molecule has 2 aliphatic rings. The predicted octanol–water partition coefficient (Wildman–Crippen LogP) is 7.95. The number of hydrogen-bond acceptors (Lipinski definition) is 2. The Morgan fingerprint density at radius 3 is 2.29 bits per heavy atom. The maximum Gasteiger partial charge on any atom is 0.326 e. The number of nitrogens with zero attached hydrogens (tertiary/aromatic N) is 2. The summed E-state index contributed by atoms with van der Waals surface area (Å²) in [6.07, 6.45) is 3.30. The molecule has 1 saturated heterocycles. The van der Waals surface area contributed by atoms with Crippen LogP contribution in [0.4, 0.5) is 16.2 Å². The average molecular weight is 529 g/mol. The highest BCUT2D eigenvalue weighted by molar-refractivity contribution is 6.40. The van der Waals surface area contributed by atoms with Gasteiger partial charge in [-0.1, -0.05) is 72.1 Å². The highest BCUT2D eigenvalue weighted by Crippen LogP contribution is 2.45. The molecule has 1 N–H and O–H groups in total. The Kier molecular flexibility index (Phi) is 7.26. The quantitative estimate of drug-likeness (QED) is 0.365. The van der Waals surface area contributed by atoms with Gasteiger partial charge < -0.3 is 10.2 Å². The van der Waals surface area contributed by atoms with Crippen LogP contribution >= 0.6 is 34.8 Å². The van der Waals surface area contributed by atoms with E-state index in [1.807, 2.05) is 24.3 Å². The number of nitrogens with one attached hydrogen (secondary N) is 1. The number of para-hydroxylation sites is 1. The van der Waals surface area contributed by atoms with Gasteiger partial charge >= 0.3 is 6.03 Å². The molecule has 35 heavy (non-hydrogen) atoms. The van der Waals surface area contributed by atoms with Crippen LogP contribution in [-0.4, -0.2) is 30.6 Å². The number of carbonyl (C=O) groups excluding carboxylic acids is 1. The third-order valence-electron chi connectivity index (χ3n) is 7.15. The molecule has 182 valence electrons. The van der Waals surface area contributed by atoms with Gasteiger partial charge in [0.15, 0.2) is 0 Å². The second kappa shape index (κ2) is 10.4. The zero-order valence-corrected chi connectivity index (χ0v) is 21.9. The highest BCUT2D eigenvalue weighted by Gasteiger charge is 2.31. The van der Waals surface area contributed by atoms with Gasteiger partial charge in [0.1, 0.15) is 0 Å². The van der Waals surface area contributed by atoms with Crippen LogP contribution in [-0.2, 0) is 13.0 Å². The lowest BCUT2D eigenvalue weighted by molar-refractivity contribution is 0.192. The van der Waals surface area contributed by atoms with E-state index < -0.39 is 0 Å². The molecule has 1 fully saturated rings. The predicted molar refractivity (Wildman–Crippen MR) is 146 cm³/mol. The van der Waals surface area contributed by atoms with Gasteiger partial charge in [-0.05, 0) is 80.2 Å². The number of piperidine rings is 1. The summed E-state index contributed by atoms with van der Waals surface area (Å²) in [5.41, 5.74) is 5.47. The van der Waals surface area contributed by atoms with E-state index in [0.29, 0.717) is 33.2 Å². The molecular weight excluding hydrogens is 501 g/mol. The molecule has 0 atom stereocenters. The molecule has 3 aromatic carbocycles. The van der Waals surface area contributed by atoms with E-state index in [0.717, 1.165) is 48.4 Å². The fourth-order valence-electron chi connectivity index (χ4n) is 5.26. The Hall–Kier alpha value is -2.24. The smallest absolute Gasteiger partial charge is 0.326 e. The van der Waals surface area contributed by atoms with Crippen molar-refractivity contribution in [3.8, 4) is 11.1 Å². The van der Waals surface area contributed by atoms with Crippen molar-refractivity contribution in [2.45, 2.75) is 32.7 Å². The van der Waals surface area contributed by atoms with Crippen molar-refractivity contribution < 1.29 is 4.79 Å². The first-order valence-electron chi connectivity index (χ1n) is 12.1. The van der Waals surface area contributed by atoms with E-state index in [1.165, 1.54) is 18.4 Å². The zero-order chi connectivity index (χ0) is 24.5. The van der Waals surface area contributed by atoms with Gasteiger partial charge in [0.25, 0.3) is 0 Å². The van der Waals surface area contributed by atoms with Crippen LogP contribution in [0.1, 0.15) is 30.9 Å². The number of hydrogen-bond donors (Lipinski definition) is 1. The van der Waals surface area contributed by atoms with E-state index in [-0.39, 0.29) is 6.03 Å². The van der Waals surface area contributed by atoms with Crippen LogP contribution < -0.4 is 10.2 Å². The van der Waals surface area contributed by atoms with Crippen molar-refractivity contribution >= 4 is 52.2 Å². The van der Waals surface area contributed by atoms with Gasteiger partial charge in [-0.15, -0.1) is 0 Å². The summed E-state index contributed by atoms with van der Waals surface area (Å²) < 4.78 is 0. The van der Waals surface area contributed by atoms with Crippen molar-refractivity contribution in [2.24, 2.45) is 5.92 Å². The van der Waals surface area contributed by atoms with Gasteiger partial charge in [-0.2, -0.15) is 0 Å². The summed E-state index contributed by atoms with van der Waals surface area (Å²) >= 11 is 19.8. The molecule has 3 aromatic rings. The first kappa shape index (κ1) is 24.5. The number of carbonyl (C=O) groups is 1. The number of halogens is 3. The SMILES string of the molecule is CCN1CCC(Cc2cc(-c3ccccc3Cl)c3c(c2)N(c2c(Cl)cccc2Cl)C(=O)NC3)CC1. The number of rotatable bonds is 5. The number of urea groups is 1.